The van der Waals surface area contributed by atoms with Crippen LogP contribution in [-0.2, 0) is 16.6 Å². The highest BCUT2D eigenvalue weighted by atomic mass is 16.2. The Labute approximate surface area is 194 Å². The van der Waals surface area contributed by atoms with Crippen molar-refractivity contribution in [2.75, 3.05) is 42.5 Å². The fourth-order valence-electron chi connectivity index (χ4n) is 4.82. The average Bonchev–Trinajstić information content (AvgIpc) is 3.55. The number of nitrogens with one attached hydrogen (secondary N) is 1. The molecule has 2 aromatic rings. The molecule has 4 heteroatoms. The normalized spacial score (nSPS) is 16.2. The van der Waals surface area contributed by atoms with Crippen LogP contribution in [0.4, 0.5) is 11.4 Å². The van der Waals surface area contributed by atoms with Crippen molar-refractivity contribution in [3.05, 3.63) is 58.7 Å². The minimum Gasteiger partial charge on any atom is -0.368 e. The Morgan fingerprint density at radius 3 is 2.19 bits per heavy atom. The third-order valence-electron chi connectivity index (χ3n) is 6.97. The molecule has 0 saturated heterocycles. The fraction of sp³-hybridized carbons (Fsp3) is 0.536. The molecule has 0 unspecified atom stereocenters. The second kappa shape index (κ2) is 9.17. The van der Waals surface area contributed by atoms with E-state index in [0.717, 1.165) is 32.0 Å². The second-order valence-electron chi connectivity index (χ2n) is 10.7. The van der Waals surface area contributed by atoms with Crippen molar-refractivity contribution in [1.82, 2.24) is 5.32 Å². The smallest absolute Gasteiger partial charge is 0.239 e. The van der Waals surface area contributed by atoms with Crippen molar-refractivity contribution >= 4 is 17.3 Å². The summed E-state index contributed by atoms with van der Waals surface area (Å²) in [6.07, 6.45) is 3.60. The van der Waals surface area contributed by atoms with Crippen LogP contribution in [0, 0.1) is 19.8 Å². The molecule has 0 atom stereocenters. The molecule has 1 heterocycles. The van der Waals surface area contributed by atoms with Crippen LogP contribution < -0.4 is 15.1 Å². The monoisotopic (exact) mass is 433 g/mol. The number of nitrogens with zero attached hydrogens (tertiary/aromatic N) is 2. The van der Waals surface area contributed by atoms with E-state index in [9.17, 15) is 4.79 Å². The Kier molecular flexibility index (Phi) is 6.50. The van der Waals surface area contributed by atoms with Gasteiger partial charge in [-0.25, -0.2) is 0 Å². The molecular formula is C28H39N3O. The maximum absolute atomic E-state index is 12.8. The third kappa shape index (κ3) is 5.28. The van der Waals surface area contributed by atoms with E-state index in [0.29, 0.717) is 13.1 Å². The SMILES string of the molecule is Cc1cc(C(C)(C)C)cc(C)c1CCNC(=O)CN1CCN(CC2CC2)c2ccccc21. The van der Waals surface area contributed by atoms with Crippen LogP contribution in [0.15, 0.2) is 36.4 Å². The van der Waals surface area contributed by atoms with Gasteiger partial charge in [0.1, 0.15) is 0 Å². The Morgan fingerprint density at radius 1 is 1.00 bits per heavy atom. The summed E-state index contributed by atoms with van der Waals surface area (Å²) in [6, 6.07) is 13.2. The van der Waals surface area contributed by atoms with Gasteiger partial charge in [-0.3, -0.25) is 4.79 Å². The first kappa shape index (κ1) is 22.7. The highest BCUT2D eigenvalue weighted by Crippen LogP contribution is 2.37. The molecule has 2 aliphatic rings. The van der Waals surface area contributed by atoms with Crippen molar-refractivity contribution in [1.29, 1.82) is 0 Å². The first-order valence-corrected chi connectivity index (χ1v) is 12.2. The molecule has 4 nitrogen and oxygen atoms in total. The van der Waals surface area contributed by atoms with Crippen LogP contribution in [0.1, 0.15) is 55.9 Å². The zero-order valence-corrected chi connectivity index (χ0v) is 20.5. The molecule has 172 valence electrons. The molecule has 0 aromatic heterocycles. The summed E-state index contributed by atoms with van der Waals surface area (Å²) in [7, 11) is 0. The van der Waals surface area contributed by atoms with E-state index >= 15 is 0 Å². The number of benzene rings is 2. The van der Waals surface area contributed by atoms with Gasteiger partial charge in [0.15, 0.2) is 0 Å². The van der Waals surface area contributed by atoms with Gasteiger partial charge < -0.3 is 15.1 Å². The lowest BCUT2D eigenvalue weighted by atomic mass is 9.83. The molecule has 1 amide bonds. The predicted octanol–water partition coefficient (Wildman–Crippen LogP) is 5.00. The molecule has 4 rings (SSSR count). The van der Waals surface area contributed by atoms with Gasteiger partial charge in [-0.15, -0.1) is 0 Å². The van der Waals surface area contributed by atoms with E-state index in [4.69, 9.17) is 0 Å². The molecular weight excluding hydrogens is 394 g/mol. The summed E-state index contributed by atoms with van der Waals surface area (Å²) >= 11 is 0. The van der Waals surface area contributed by atoms with Gasteiger partial charge in [0.25, 0.3) is 0 Å². The van der Waals surface area contributed by atoms with Crippen LogP contribution >= 0.6 is 0 Å². The quantitative estimate of drug-likeness (QED) is 0.668. The molecule has 0 bridgehead atoms. The lowest BCUT2D eigenvalue weighted by Gasteiger charge is -2.38. The maximum atomic E-state index is 12.8. The van der Waals surface area contributed by atoms with Crippen molar-refractivity contribution in [3.8, 4) is 0 Å². The Balaban J connectivity index is 1.33. The predicted molar refractivity (Wildman–Crippen MR) is 135 cm³/mol. The van der Waals surface area contributed by atoms with Crippen molar-refractivity contribution in [2.45, 2.75) is 59.3 Å². The topological polar surface area (TPSA) is 35.6 Å². The minimum absolute atomic E-state index is 0.108. The maximum Gasteiger partial charge on any atom is 0.239 e. The number of rotatable bonds is 7. The van der Waals surface area contributed by atoms with Gasteiger partial charge in [-0.05, 0) is 78.8 Å². The van der Waals surface area contributed by atoms with E-state index in [1.807, 2.05) is 0 Å². The molecule has 2 aromatic carbocycles. The van der Waals surface area contributed by atoms with Gasteiger partial charge >= 0.3 is 0 Å². The second-order valence-corrected chi connectivity index (χ2v) is 10.7. The Bertz CT molecular complexity index is 948. The van der Waals surface area contributed by atoms with Gasteiger partial charge in [0.2, 0.25) is 5.91 Å². The summed E-state index contributed by atoms with van der Waals surface area (Å²) in [6.45, 7) is 15.3. The number of aryl methyl sites for hydroxylation is 2. The number of hydrogen-bond donors (Lipinski definition) is 1. The summed E-state index contributed by atoms with van der Waals surface area (Å²) in [5.41, 5.74) is 8.01. The van der Waals surface area contributed by atoms with E-state index < -0.39 is 0 Å². The molecule has 1 aliphatic carbocycles. The molecule has 1 N–H and O–H groups in total. The fourth-order valence-corrected chi connectivity index (χ4v) is 4.82. The zero-order chi connectivity index (χ0) is 22.9. The van der Waals surface area contributed by atoms with Gasteiger partial charge in [-0.2, -0.15) is 0 Å². The zero-order valence-electron chi connectivity index (χ0n) is 20.5. The van der Waals surface area contributed by atoms with E-state index in [-0.39, 0.29) is 11.3 Å². The molecule has 0 spiro atoms. The van der Waals surface area contributed by atoms with Gasteiger partial charge in [0.05, 0.1) is 17.9 Å². The average molecular weight is 434 g/mol. The molecule has 0 radical (unpaired) electrons. The lowest BCUT2D eigenvalue weighted by Crippen LogP contribution is -2.46. The van der Waals surface area contributed by atoms with Crippen LogP contribution in [0.5, 0.6) is 0 Å². The summed E-state index contributed by atoms with van der Waals surface area (Å²) in [4.78, 5) is 17.5. The van der Waals surface area contributed by atoms with Crippen LogP contribution in [0.2, 0.25) is 0 Å². The van der Waals surface area contributed by atoms with Crippen LogP contribution in [0.3, 0.4) is 0 Å². The van der Waals surface area contributed by atoms with Crippen LogP contribution in [0.25, 0.3) is 0 Å². The summed E-state index contributed by atoms with van der Waals surface area (Å²) < 4.78 is 0. The van der Waals surface area contributed by atoms with E-state index in [1.165, 1.54) is 46.5 Å². The number of para-hydroxylation sites is 2. The largest absolute Gasteiger partial charge is 0.368 e. The molecule has 32 heavy (non-hydrogen) atoms. The number of amides is 1. The van der Waals surface area contributed by atoms with Gasteiger partial charge in [-0.1, -0.05) is 45.0 Å². The van der Waals surface area contributed by atoms with Gasteiger partial charge in [0, 0.05) is 26.2 Å². The number of carbonyl (C=O) groups is 1. The minimum atomic E-state index is 0.108. The Hall–Kier alpha value is -2.49. The molecule has 1 fully saturated rings. The third-order valence-corrected chi connectivity index (χ3v) is 6.97. The molecule has 1 saturated carbocycles. The van der Waals surface area contributed by atoms with Crippen molar-refractivity contribution in [2.24, 2.45) is 5.92 Å². The highest BCUT2D eigenvalue weighted by Gasteiger charge is 2.29. The van der Waals surface area contributed by atoms with E-state index in [2.05, 4.69) is 86.1 Å². The number of fused-ring (bicyclic) bond motifs is 1. The van der Waals surface area contributed by atoms with E-state index in [1.54, 1.807) is 0 Å². The van der Waals surface area contributed by atoms with Crippen molar-refractivity contribution in [3.63, 3.8) is 0 Å². The van der Waals surface area contributed by atoms with Crippen molar-refractivity contribution < 1.29 is 4.79 Å². The Morgan fingerprint density at radius 2 is 1.59 bits per heavy atom. The number of carbonyl (C=O) groups excluding carboxylic acids is 1. The lowest BCUT2D eigenvalue weighted by molar-refractivity contribution is -0.119. The highest BCUT2D eigenvalue weighted by molar-refractivity contribution is 5.84. The molecule has 1 aliphatic heterocycles. The summed E-state index contributed by atoms with van der Waals surface area (Å²) in [5, 5.41) is 3.17. The number of anilines is 2. The number of hydrogen-bond acceptors (Lipinski definition) is 3. The van der Waals surface area contributed by atoms with Crippen LogP contribution in [-0.4, -0.2) is 38.6 Å². The first-order chi connectivity index (χ1) is 15.2. The first-order valence-electron chi connectivity index (χ1n) is 12.2. The summed E-state index contributed by atoms with van der Waals surface area (Å²) in [5.74, 6) is 0.972. The standard InChI is InChI=1S/C28H39N3O/c1-20-16-23(28(3,4)5)17-21(2)24(20)12-13-29-27(32)19-31-15-14-30(18-22-10-11-22)25-8-6-7-9-26(25)31/h6-9,16-17,22H,10-15,18-19H2,1-5H3,(H,29,32).